The number of fused-ring (bicyclic) bond motifs is 2. The summed E-state index contributed by atoms with van der Waals surface area (Å²) in [5, 5.41) is 10.2. The summed E-state index contributed by atoms with van der Waals surface area (Å²) < 4.78 is 9.30. The maximum absolute atomic E-state index is 5.61. The molecule has 0 bridgehead atoms. The largest absolute Gasteiger partial charge is 0.481 e. The van der Waals surface area contributed by atoms with Crippen LogP contribution < -0.4 is 4.74 Å². The van der Waals surface area contributed by atoms with Gasteiger partial charge in [0, 0.05) is 36.3 Å². The third-order valence-corrected chi connectivity index (χ3v) is 7.93. The van der Waals surface area contributed by atoms with Crippen LogP contribution in [0.3, 0.4) is 0 Å². The molecule has 8 nitrogen and oxygen atoms in total. The predicted molar refractivity (Wildman–Crippen MR) is 146 cm³/mol. The molecule has 5 heterocycles. The number of likely N-dealkylation sites (tertiary alicyclic amines) is 1. The van der Waals surface area contributed by atoms with Crippen LogP contribution in [0.25, 0.3) is 27.8 Å². The lowest BCUT2D eigenvalue weighted by Crippen LogP contribution is -2.32. The molecule has 6 rings (SSSR count). The van der Waals surface area contributed by atoms with Gasteiger partial charge < -0.3 is 9.72 Å². The molecule has 37 heavy (non-hydrogen) atoms. The molecule has 0 atom stereocenters. The highest BCUT2D eigenvalue weighted by Crippen LogP contribution is 2.38. The molecule has 1 aromatic carbocycles. The maximum Gasteiger partial charge on any atom is 0.216 e. The smallest absolute Gasteiger partial charge is 0.216 e. The minimum absolute atomic E-state index is 0.394. The molecule has 192 valence electrons. The van der Waals surface area contributed by atoms with Gasteiger partial charge in [-0.15, -0.1) is 0 Å². The Balaban J connectivity index is 1.25. The quantitative estimate of drug-likeness (QED) is 0.338. The molecule has 0 amide bonds. The molecule has 0 unspecified atom stereocenters. The Kier molecular flexibility index (Phi) is 5.99. The van der Waals surface area contributed by atoms with Crippen molar-refractivity contribution in [2.24, 2.45) is 7.05 Å². The van der Waals surface area contributed by atoms with Crippen LogP contribution in [-0.2, 0) is 13.6 Å². The molecule has 0 spiro atoms. The highest BCUT2D eigenvalue weighted by atomic mass is 16.5. The van der Waals surface area contributed by atoms with Crippen molar-refractivity contribution in [1.82, 2.24) is 34.3 Å². The van der Waals surface area contributed by atoms with Crippen LogP contribution in [0.2, 0.25) is 0 Å². The van der Waals surface area contributed by atoms with E-state index in [9.17, 15) is 0 Å². The van der Waals surface area contributed by atoms with Gasteiger partial charge in [0.15, 0.2) is 5.65 Å². The van der Waals surface area contributed by atoms with E-state index in [2.05, 4.69) is 76.3 Å². The van der Waals surface area contributed by atoms with Crippen LogP contribution in [0.4, 0.5) is 0 Å². The van der Waals surface area contributed by atoms with Gasteiger partial charge in [0.1, 0.15) is 6.33 Å². The second-order valence-electron chi connectivity index (χ2n) is 10.6. The van der Waals surface area contributed by atoms with Crippen LogP contribution in [0.15, 0.2) is 42.9 Å². The molecule has 0 radical (unpaired) electrons. The SMILES string of the molecule is COc1c(CN2CCC(c3ccc4[nH]c(-c5ccc6ncnn6c5)c(C(C)C)c4c3)CC2)c(C)nn1C. The first-order chi connectivity index (χ1) is 17.9. The van der Waals surface area contributed by atoms with E-state index >= 15 is 0 Å². The summed E-state index contributed by atoms with van der Waals surface area (Å²) >= 11 is 0. The molecule has 0 saturated carbocycles. The van der Waals surface area contributed by atoms with Gasteiger partial charge in [0.2, 0.25) is 5.88 Å². The van der Waals surface area contributed by atoms with Gasteiger partial charge in [0.05, 0.1) is 24.1 Å². The zero-order valence-corrected chi connectivity index (χ0v) is 22.3. The zero-order chi connectivity index (χ0) is 25.7. The van der Waals surface area contributed by atoms with Gasteiger partial charge in [-0.1, -0.05) is 19.9 Å². The van der Waals surface area contributed by atoms with Gasteiger partial charge in [-0.05, 0) is 80.1 Å². The fraction of sp³-hybridized carbons (Fsp3) is 0.414. The molecule has 1 N–H and O–H groups in total. The second kappa shape index (κ2) is 9.34. The van der Waals surface area contributed by atoms with Gasteiger partial charge in [0.25, 0.3) is 0 Å². The monoisotopic (exact) mass is 497 g/mol. The first-order valence-electron chi connectivity index (χ1n) is 13.2. The average molecular weight is 498 g/mol. The number of nitrogens with zero attached hydrogens (tertiary/aromatic N) is 6. The van der Waals surface area contributed by atoms with Gasteiger partial charge >= 0.3 is 0 Å². The molecule has 5 aromatic rings. The van der Waals surface area contributed by atoms with Crippen LogP contribution in [-0.4, -0.2) is 54.5 Å². The summed E-state index contributed by atoms with van der Waals surface area (Å²) in [4.78, 5) is 10.5. The Morgan fingerprint density at radius 1 is 1.14 bits per heavy atom. The normalized spacial score (nSPS) is 15.4. The number of methoxy groups -OCH3 is 1. The summed E-state index contributed by atoms with van der Waals surface area (Å²) in [6.45, 7) is 9.67. The van der Waals surface area contributed by atoms with Gasteiger partial charge in [-0.25, -0.2) is 14.2 Å². The van der Waals surface area contributed by atoms with E-state index in [1.54, 1.807) is 13.4 Å². The summed E-state index contributed by atoms with van der Waals surface area (Å²) in [6.07, 6.45) is 5.98. The summed E-state index contributed by atoms with van der Waals surface area (Å²) in [6, 6.07) is 11.2. The Bertz CT molecular complexity index is 1570. The number of aromatic amines is 1. The molecular formula is C29H35N7O. The number of H-pyrrole nitrogens is 1. The van der Waals surface area contributed by atoms with Gasteiger partial charge in [-0.3, -0.25) is 4.90 Å². The molecule has 4 aromatic heterocycles. The van der Waals surface area contributed by atoms with Crippen molar-refractivity contribution in [3.8, 4) is 17.1 Å². The summed E-state index contributed by atoms with van der Waals surface area (Å²) in [5.41, 5.74) is 9.43. The van der Waals surface area contributed by atoms with Crippen molar-refractivity contribution in [3.05, 3.63) is 65.2 Å². The first kappa shape index (κ1) is 23.7. The van der Waals surface area contributed by atoms with E-state index in [0.29, 0.717) is 11.8 Å². The lowest BCUT2D eigenvalue weighted by molar-refractivity contribution is 0.201. The van der Waals surface area contributed by atoms with E-state index in [0.717, 1.165) is 55.3 Å². The summed E-state index contributed by atoms with van der Waals surface area (Å²) in [5.74, 6) is 1.84. The standard InChI is InChI=1S/C29H35N7O/c1-18(2)27-23-14-21(6-8-25(23)32-28(27)22-7-9-26-30-17-31-36(26)15-22)20-10-12-35(13-11-20)16-24-19(3)33-34(4)29(24)37-5/h6-9,14-15,17-18,20,32H,10-13,16H2,1-5H3. The van der Waals surface area contributed by atoms with Crippen molar-refractivity contribution in [3.63, 3.8) is 0 Å². The van der Waals surface area contributed by atoms with Crippen LogP contribution in [0.1, 0.15) is 60.9 Å². The molecule has 8 heteroatoms. The molecule has 1 aliphatic rings. The Morgan fingerprint density at radius 3 is 2.70 bits per heavy atom. The minimum Gasteiger partial charge on any atom is -0.481 e. The van der Waals surface area contributed by atoms with Gasteiger partial charge in [-0.2, -0.15) is 10.2 Å². The number of pyridine rings is 1. The van der Waals surface area contributed by atoms with E-state index in [4.69, 9.17) is 4.74 Å². The Hall–Kier alpha value is -3.65. The Morgan fingerprint density at radius 2 is 1.95 bits per heavy atom. The first-order valence-corrected chi connectivity index (χ1v) is 13.2. The Labute approximate surface area is 217 Å². The number of nitrogens with one attached hydrogen (secondary N) is 1. The fourth-order valence-electron chi connectivity index (χ4n) is 6.04. The van der Waals surface area contributed by atoms with Crippen LogP contribution in [0.5, 0.6) is 5.88 Å². The maximum atomic E-state index is 5.61. The highest BCUT2D eigenvalue weighted by Gasteiger charge is 2.25. The zero-order valence-electron chi connectivity index (χ0n) is 22.3. The number of rotatable bonds is 6. The third-order valence-electron chi connectivity index (χ3n) is 7.93. The van der Waals surface area contributed by atoms with E-state index in [1.807, 2.05) is 22.3 Å². The average Bonchev–Trinajstić information content (AvgIpc) is 3.58. The van der Waals surface area contributed by atoms with Crippen molar-refractivity contribution >= 4 is 16.6 Å². The van der Waals surface area contributed by atoms with Crippen LogP contribution >= 0.6 is 0 Å². The highest BCUT2D eigenvalue weighted by molar-refractivity contribution is 5.92. The molecule has 1 fully saturated rings. The number of aromatic nitrogens is 6. The van der Waals surface area contributed by atoms with Crippen molar-refractivity contribution < 1.29 is 4.74 Å². The lowest BCUT2D eigenvalue weighted by Gasteiger charge is -2.32. The third kappa shape index (κ3) is 4.19. The topological polar surface area (TPSA) is 76.3 Å². The van der Waals surface area contributed by atoms with Crippen LogP contribution in [0, 0.1) is 6.92 Å². The van der Waals surface area contributed by atoms with E-state index in [1.165, 1.54) is 33.3 Å². The number of aryl methyl sites for hydroxylation is 2. The van der Waals surface area contributed by atoms with Crippen molar-refractivity contribution in [2.45, 2.75) is 52.0 Å². The number of benzene rings is 1. The van der Waals surface area contributed by atoms with Crippen molar-refractivity contribution in [1.29, 1.82) is 0 Å². The number of hydrogen-bond donors (Lipinski definition) is 1. The summed E-state index contributed by atoms with van der Waals surface area (Å²) in [7, 11) is 3.68. The molecule has 1 saturated heterocycles. The number of hydrogen-bond acceptors (Lipinski definition) is 5. The number of ether oxygens (including phenoxy) is 1. The second-order valence-corrected chi connectivity index (χ2v) is 10.6. The predicted octanol–water partition coefficient (Wildman–Crippen LogP) is 5.43. The number of piperidine rings is 1. The van der Waals surface area contributed by atoms with Crippen molar-refractivity contribution in [2.75, 3.05) is 20.2 Å². The molecule has 1 aliphatic heterocycles. The minimum atomic E-state index is 0.394. The fourth-order valence-corrected chi connectivity index (χ4v) is 6.04. The van der Waals surface area contributed by atoms with E-state index < -0.39 is 0 Å². The van der Waals surface area contributed by atoms with E-state index in [-0.39, 0.29) is 0 Å². The molecular weight excluding hydrogens is 462 g/mol. The molecule has 0 aliphatic carbocycles. The lowest BCUT2D eigenvalue weighted by atomic mass is 9.87.